The normalized spacial score (nSPS) is 13.7. The fourth-order valence-corrected chi connectivity index (χ4v) is 1.55. The van der Waals surface area contributed by atoms with Crippen molar-refractivity contribution in [2.45, 2.75) is 54.7 Å². The van der Waals surface area contributed by atoms with Crippen LogP contribution in [0.2, 0.25) is 13.1 Å². The van der Waals surface area contributed by atoms with Crippen molar-refractivity contribution in [3.63, 3.8) is 0 Å². The minimum atomic E-state index is 0.413. The molecule has 0 nitrogen and oxygen atoms in total. The van der Waals surface area contributed by atoms with E-state index in [2.05, 4.69) is 55.6 Å². The largest absolute Gasteiger partial charge is 0.106 e. The van der Waals surface area contributed by atoms with Crippen LogP contribution in [0.1, 0.15) is 41.5 Å². The van der Waals surface area contributed by atoms with Gasteiger partial charge in [0.05, 0.1) is 0 Å². The van der Waals surface area contributed by atoms with Gasteiger partial charge in [-0.25, -0.2) is 0 Å². The standard InChI is InChI=1S/C11H24B/c1-9(2)11(5,6)10(3,4)8-12-7/h9H,8H2,1-7H3. The highest BCUT2D eigenvalue weighted by Crippen LogP contribution is 2.46. The SMILES string of the molecule is C[B]CC(C)(C)C(C)(C)C(C)C. The fourth-order valence-electron chi connectivity index (χ4n) is 1.55. The maximum Gasteiger partial charge on any atom is 0.106 e. The summed E-state index contributed by atoms with van der Waals surface area (Å²) in [5, 5.41) is 0. The zero-order chi connectivity index (χ0) is 9.99. The van der Waals surface area contributed by atoms with Gasteiger partial charge in [0.25, 0.3) is 0 Å². The lowest BCUT2D eigenvalue weighted by atomic mass is 9.53. The van der Waals surface area contributed by atoms with Crippen molar-refractivity contribution in [2.24, 2.45) is 16.7 Å². The highest BCUT2D eigenvalue weighted by Gasteiger charge is 2.38. The van der Waals surface area contributed by atoms with E-state index in [9.17, 15) is 0 Å². The van der Waals surface area contributed by atoms with Crippen molar-refractivity contribution in [3.05, 3.63) is 0 Å². The van der Waals surface area contributed by atoms with Gasteiger partial charge < -0.3 is 0 Å². The van der Waals surface area contributed by atoms with E-state index in [1.807, 2.05) is 0 Å². The summed E-state index contributed by atoms with van der Waals surface area (Å²) in [7, 11) is 2.28. The van der Waals surface area contributed by atoms with Gasteiger partial charge in [0, 0.05) is 0 Å². The third-order valence-corrected chi connectivity index (χ3v) is 3.90. The first-order chi connectivity index (χ1) is 5.25. The average molecular weight is 167 g/mol. The molecular formula is C11H24B. The van der Waals surface area contributed by atoms with Gasteiger partial charge in [0.2, 0.25) is 0 Å². The van der Waals surface area contributed by atoms with Crippen LogP contribution >= 0.6 is 0 Å². The van der Waals surface area contributed by atoms with Crippen LogP contribution in [-0.2, 0) is 0 Å². The van der Waals surface area contributed by atoms with Crippen LogP contribution in [0.15, 0.2) is 0 Å². The summed E-state index contributed by atoms with van der Waals surface area (Å²) in [4.78, 5) is 0. The molecule has 0 saturated carbocycles. The molecule has 0 aromatic heterocycles. The first kappa shape index (κ1) is 12.1. The summed E-state index contributed by atoms with van der Waals surface area (Å²) in [6.07, 6.45) is 1.21. The van der Waals surface area contributed by atoms with Crippen LogP contribution in [0.25, 0.3) is 0 Å². The second-order valence-corrected chi connectivity index (χ2v) is 5.37. The van der Waals surface area contributed by atoms with Crippen LogP contribution in [-0.4, -0.2) is 7.28 Å². The van der Waals surface area contributed by atoms with Crippen LogP contribution in [0.3, 0.4) is 0 Å². The molecule has 0 heterocycles. The molecule has 1 radical (unpaired) electrons. The second kappa shape index (κ2) is 3.85. The zero-order valence-corrected chi connectivity index (χ0v) is 9.86. The summed E-state index contributed by atoms with van der Waals surface area (Å²) >= 11 is 0. The van der Waals surface area contributed by atoms with Gasteiger partial charge in [-0.1, -0.05) is 54.7 Å². The Morgan fingerprint density at radius 3 is 1.75 bits per heavy atom. The molecule has 0 N–H and O–H groups in total. The predicted molar refractivity (Wildman–Crippen MR) is 58.8 cm³/mol. The van der Waals surface area contributed by atoms with Crippen LogP contribution in [0, 0.1) is 16.7 Å². The van der Waals surface area contributed by atoms with E-state index < -0.39 is 0 Å². The number of hydrogen-bond donors (Lipinski definition) is 0. The minimum Gasteiger partial charge on any atom is -0.0920 e. The van der Waals surface area contributed by atoms with E-state index in [1.54, 1.807) is 0 Å². The van der Waals surface area contributed by atoms with E-state index in [-0.39, 0.29) is 0 Å². The second-order valence-electron chi connectivity index (χ2n) is 5.37. The van der Waals surface area contributed by atoms with E-state index in [0.29, 0.717) is 10.8 Å². The Kier molecular flexibility index (Phi) is 3.87. The molecule has 0 bridgehead atoms. The molecule has 0 aromatic rings. The topological polar surface area (TPSA) is 0 Å². The monoisotopic (exact) mass is 167 g/mol. The molecule has 0 amide bonds. The van der Waals surface area contributed by atoms with Gasteiger partial charge in [-0.05, 0) is 16.7 Å². The smallest absolute Gasteiger partial charge is 0.0920 e. The van der Waals surface area contributed by atoms with Gasteiger partial charge in [-0.3, -0.25) is 0 Å². The van der Waals surface area contributed by atoms with E-state index in [4.69, 9.17) is 0 Å². The Bertz CT molecular complexity index is 134. The maximum absolute atomic E-state index is 2.38. The molecule has 0 fully saturated rings. The van der Waals surface area contributed by atoms with Crippen molar-refractivity contribution >= 4 is 7.28 Å². The molecular weight excluding hydrogens is 143 g/mol. The van der Waals surface area contributed by atoms with Crippen molar-refractivity contribution in [2.75, 3.05) is 0 Å². The Balaban J connectivity index is 4.50. The lowest BCUT2D eigenvalue weighted by Crippen LogP contribution is -2.37. The molecule has 1 heteroatoms. The summed E-state index contributed by atoms with van der Waals surface area (Å²) < 4.78 is 0. The van der Waals surface area contributed by atoms with Crippen LogP contribution in [0.5, 0.6) is 0 Å². The lowest BCUT2D eigenvalue weighted by Gasteiger charge is -2.45. The first-order valence-corrected chi connectivity index (χ1v) is 5.03. The third kappa shape index (κ3) is 2.28. The van der Waals surface area contributed by atoms with E-state index in [0.717, 1.165) is 5.92 Å². The highest BCUT2D eigenvalue weighted by atomic mass is 14.4. The van der Waals surface area contributed by atoms with Crippen molar-refractivity contribution < 1.29 is 0 Å². The molecule has 0 aromatic carbocycles. The molecule has 0 rings (SSSR count). The zero-order valence-electron chi connectivity index (χ0n) is 9.86. The van der Waals surface area contributed by atoms with Crippen molar-refractivity contribution in [1.82, 2.24) is 0 Å². The summed E-state index contributed by atoms with van der Waals surface area (Å²) in [6.45, 7) is 16.3. The molecule has 0 aliphatic carbocycles. The summed E-state index contributed by atoms with van der Waals surface area (Å²) in [5.41, 5.74) is 0.829. The number of hydrogen-bond acceptors (Lipinski definition) is 0. The van der Waals surface area contributed by atoms with Gasteiger partial charge >= 0.3 is 0 Å². The predicted octanol–water partition coefficient (Wildman–Crippen LogP) is 3.87. The first-order valence-electron chi connectivity index (χ1n) is 5.03. The summed E-state index contributed by atoms with van der Waals surface area (Å²) in [6, 6.07) is 0. The molecule has 0 aliphatic heterocycles. The third-order valence-electron chi connectivity index (χ3n) is 3.90. The van der Waals surface area contributed by atoms with E-state index >= 15 is 0 Å². The fraction of sp³-hybridized carbons (Fsp3) is 1.00. The van der Waals surface area contributed by atoms with Gasteiger partial charge in [0.1, 0.15) is 7.28 Å². The molecule has 0 spiro atoms. The quantitative estimate of drug-likeness (QED) is 0.557. The molecule has 0 unspecified atom stereocenters. The van der Waals surface area contributed by atoms with Gasteiger partial charge in [0.15, 0.2) is 0 Å². The Morgan fingerprint density at radius 2 is 1.50 bits per heavy atom. The molecule has 71 valence electrons. The van der Waals surface area contributed by atoms with Crippen molar-refractivity contribution in [3.8, 4) is 0 Å². The summed E-state index contributed by atoms with van der Waals surface area (Å²) in [5.74, 6) is 0.743. The molecule has 0 aliphatic rings. The maximum atomic E-state index is 2.38. The Labute approximate surface area is 79.4 Å². The average Bonchev–Trinajstić information content (AvgIpc) is 1.86. The van der Waals surface area contributed by atoms with Gasteiger partial charge in [-0.2, -0.15) is 0 Å². The van der Waals surface area contributed by atoms with Crippen LogP contribution in [0.4, 0.5) is 0 Å². The van der Waals surface area contributed by atoms with Crippen molar-refractivity contribution in [1.29, 1.82) is 0 Å². The Hall–Kier alpha value is 0.0649. The molecule has 0 atom stereocenters. The minimum absolute atomic E-state index is 0.413. The van der Waals surface area contributed by atoms with Crippen LogP contribution < -0.4 is 0 Å². The Morgan fingerprint density at radius 1 is 1.08 bits per heavy atom. The highest BCUT2D eigenvalue weighted by molar-refractivity contribution is 6.33. The van der Waals surface area contributed by atoms with E-state index in [1.165, 1.54) is 6.32 Å². The number of rotatable bonds is 4. The van der Waals surface area contributed by atoms with Gasteiger partial charge in [-0.15, -0.1) is 0 Å². The molecule has 0 saturated heterocycles. The molecule has 12 heavy (non-hydrogen) atoms. The lowest BCUT2D eigenvalue weighted by molar-refractivity contribution is 0.0737.